The molecule has 0 aliphatic rings. The number of benzene rings is 1. The number of hydrogen-bond donors (Lipinski definition) is 2. The predicted molar refractivity (Wildman–Crippen MR) is 62.5 cm³/mol. The van der Waals surface area contributed by atoms with Gasteiger partial charge in [-0.2, -0.15) is 0 Å². The van der Waals surface area contributed by atoms with Crippen molar-refractivity contribution < 1.29 is 14.7 Å². The predicted octanol–water partition coefficient (Wildman–Crippen LogP) is 2.61. The number of carbonyl (C=O) groups is 1. The summed E-state index contributed by atoms with van der Waals surface area (Å²) in [6.45, 7) is 6.10. The van der Waals surface area contributed by atoms with Crippen molar-refractivity contribution in [1.29, 1.82) is 0 Å². The molecule has 0 atom stereocenters. The molecule has 0 aliphatic heterocycles. The van der Waals surface area contributed by atoms with Gasteiger partial charge in [-0.05, 0) is 23.1 Å². The Balaban J connectivity index is 3.43. The van der Waals surface area contributed by atoms with Crippen molar-refractivity contribution in [3.63, 3.8) is 0 Å². The van der Waals surface area contributed by atoms with Gasteiger partial charge in [0, 0.05) is 0 Å². The van der Waals surface area contributed by atoms with Crippen LogP contribution in [-0.2, 0) is 5.41 Å². The Morgan fingerprint density at radius 2 is 2.00 bits per heavy atom. The number of nitrogens with one attached hydrogen (secondary N) is 1. The first kappa shape index (κ1) is 12.5. The van der Waals surface area contributed by atoms with E-state index in [4.69, 9.17) is 9.94 Å². The fourth-order valence-corrected chi connectivity index (χ4v) is 1.48. The summed E-state index contributed by atoms with van der Waals surface area (Å²) < 4.78 is 5.07. The van der Waals surface area contributed by atoms with E-state index in [9.17, 15) is 4.79 Å². The Morgan fingerprint density at radius 1 is 1.38 bits per heavy atom. The Kier molecular flexibility index (Phi) is 3.55. The molecule has 1 aromatic carbocycles. The molecule has 0 saturated heterocycles. The molecule has 0 unspecified atom stereocenters. The number of ether oxygens (including phenoxy) is 1. The van der Waals surface area contributed by atoms with Gasteiger partial charge in [-0.15, -0.1) is 0 Å². The molecule has 4 nitrogen and oxygen atoms in total. The minimum absolute atomic E-state index is 0.102. The van der Waals surface area contributed by atoms with Gasteiger partial charge < -0.3 is 4.74 Å². The van der Waals surface area contributed by atoms with Gasteiger partial charge in [-0.25, -0.2) is 0 Å². The minimum Gasteiger partial charge on any atom is -0.494 e. The van der Waals surface area contributed by atoms with Crippen LogP contribution in [0.5, 0.6) is 5.75 Å². The average molecular weight is 223 g/mol. The Bertz CT molecular complexity index is 394. The summed E-state index contributed by atoms with van der Waals surface area (Å²) in [5, 5.41) is 9.01. The largest absolute Gasteiger partial charge is 0.494 e. The molecule has 0 aliphatic carbocycles. The number of anilines is 1. The zero-order chi connectivity index (χ0) is 12.3. The van der Waals surface area contributed by atoms with Crippen molar-refractivity contribution in [3.05, 3.63) is 23.3 Å². The highest BCUT2D eigenvalue weighted by Crippen LogP contribution is 2.33. The second-order valence-electron chi connectivity index (χ2n) is 4.63. The number of aldehydes is 1. The van der Waals surface area contributed by atoms with Gasteiger partial charge in [0.05, 0.1) is 12.7 Å². The highest BCUT2D eigenvalue weighted by molar-refractivity contribution is 5.84. The van der Waals surface area contributed by atoms with E-state index >= 15 is 0 Å². The van der Waals surface area contributed by atoms with Crippen LogP contribution in [0.25, 0.3) is 0 Å². The summed E-state index contributed by atoms with van der Waals surface area (Å²) in [6.07, 6.45) is 0.717. The molecule has 16 heavy (non-hydrogen) atoms. The Labute approximate surface area is 95.2 Å². The van der Waals surface area contributed by atoms with Gasteiger partial charge in [0.15, 0.2) is 12.0 Å². The third-order valence-electron chi connectivity index (χ3n) is 2.44. The van der Waals surface area contributed by atoms with E-state index in [-0.39, 0.29) is 5.41 Å². The third-order valence-corrected chi connectivity index (χ3v) is 2.44. The lowest BCUT2D eigenvalue weighted by Crippen LogP contribution is -2.13. The van der Waals surface area contributed by atoms with Gasteiger partial charge in [0.1, 0.15) is 5.69 Å². The fourth-order valence-electron chi connectivity index (χ4n) is 1.48. The lowest BCUT2D eigenvalue weighted by molar-refractivity contribution is 0.112. The summed E-state index contributed by atoms with van der Waals surface area (Å²) in [5.74, 6) is 0.352. The molecule has 0 bridgehead atoms. The second-order valence-corrected chi connectivity index (χ2v) is 4.63. The third kappa shape index (κ3) is 2.33. The summed E-state index contributed by atoms with van der Waals surface area (Å²) in [4.78, 5) is 10.9. The molecule has 0 saturated carbocycles. The topological polar surface area (TPSA) is 58.6 Å². The van der Waals surface area contributed by atoms with Crippen molar-refractivity contribution in [2.24, 2.45) is 0 Å². The highest BCUT2D eigenvalue weighted by Gasteiger charge is 2.19. The van der Waals surface area contributed by atoms with Crippen LogP contribution in [0.4, 0.5) is 5.69 Å². The number of carbonyl (C=O) groups excluding carboxylic acids is 1. The van der Waals surface area contributed by atoms with Gasteiger partial charge in [-0.3, -0.25) is 15.5 Å². The molecule has 1 rings (SSSR count). The molecule has 0 amide bonds. The number of rotatable bonds is 3. The maximum Gasteiger partial charge on any atom is 0.154 e. The van der Waals surface area contributed by atoms with E-state index in [0.29, 0.717) is 17.0 Å². The molecule has 88 valence electrons. The van der Waals surface area contributed by atoms with Crippen LogP contribution in [0.15, 0.2) is 12.1 Å². The molecule has 1 aromatic rings. The first-order valence-electron chi connectivity index (χ1n) is 5.02. The van der Waals surface area contributed by atoms with Crippen molar-refractivity contribution in [3.8, 4) is 5.75 Å². The number of methoxy groups -OCH3 is 1. The Morgan fingerprint density at radius 3 is 2.38 bits per heavy atom. The van der Waals surface area contributed by atoms with Gasteiger partial charge in [-0.1, -0.05) is 20.8 Å². The van der Waals surface area contributed by atoms with Gasteiger partial charge in [0.25, 0.3) is 0 Å². The average Bonchev–Trinajstić information content (AvgIpc) is 2.25. The van der Waals surface area contributed by atoms with E-state index in [1.807, 2.05) is 26.3 Å². The molecular formula is C12H17NO3. The van der Waals surface area contributed by atoms with Crippen molar-refractivity contribution in [2.45, 2.75) is 26.2 Å². The lowest BCUT2D eigenvalue weighted by Gasteiger charge is -2.21. The molecule has 0 heterocycles. The van der Waals surface area contributed by atoms with Crippen LogP contribution in [-0.4, -0.2) is 18.6 Å². The zero-order valence-electron chi connectivity index (χ0n) is 10.00. The summed E-state index contributed by atoms with van der Waals surface area (Å²) >= 11 is 0. The van der Waals surface area contributed by atoms with Crippen LogP contribution in [0, 0.1) is 0 Å². The standard InChI is InChI=1S/C12H17NO3/c1-12(2,3)9-5-8(7-14)11(16-4)10(6-9)13-15/h5-7,13,15H,1-4H3. The normalized spacial score (nSPS) is 11.1. The zero-order valence-corrected chi connectivity index (χ0v) is 10.00. The molecule has 0 radical (unpaired) electrons. The smallest absolute Gasteiger partial charge is 0.154 e. The molecular weight excluding hydrogens is 206 g/mol. The van der Waals surface area contributed by atoms with Crippen LogP contribution in [0.1, 0.15) is 36.7 Å². The van der Waals surface area contributed by atoms with Crippen LogP contribution in [0.3, 0.4) is 0 Å². The lowest BCUT2D eigenvalue weighted by atomic mass is 9.85. The second kappa shape index (κ2) is 4.53. The first-order chi connectivity index (χ1) is 7.43. The molecule has 0 spiro atoms. The first-order valence-corrected chi connectivity index (χ1v) is 5.02. The molecule has 4 heteroatoms. The summed E-state index contributed by atoms with van der Waals surface area (Å²) in [6, 6.07) is 3.54. The fraction of sp³-hybridized carbons (Fsp3) is 0.417. The molecule has 2 N–H and O–H groups in total. The van der Waals surface area contributed by atoms with Crippen molar-refractivity contribution >= 4 is 12.0 Å². The van der Waals surface area contributed by atoms with E-state index in [1.54, 1.807) is 12.1 Å². The maximum atomic E-state index is 10.9. The minimum atomic E-state index is -0.102. The molecule has 0 aromatic heterocycles. The van der Waals surface area contributed by atoms with Crippen LogP contribution < -0.4 is 10.2 Å². The summed E-state index contributed by atoms with van der Waals surface area (Å²) in [7, 11) is 1.46. The number of hydrogen-bond acceptors (Lipinski definition) is 4. The molecule has 0 fully saturated rings. The SMILES string of the molecule is COc1c(C=O)cc(C(C)(C)C)cc1NO. The van der Waals surface area contributed by atoms with Crippen molar-refractivity contribution in [2.75, 3.05) is 12.6 Å². The highest BCUT2D eigenvalue weighted by atomic mass is 16.5. The van der Waals surface area contributed by atoms with E-state index < -0.39 is 0 Å². The van der Waals surface area contributed by atoms with Gasteiger partial charge >= 0.3 is 0 Å². The van der Waals surface area contributed by atoms with Crippen molar-refractivity contribution in [1.82, 2.24) is 0 Å². The monoisotopic (exact) mass is 223 g/mol. The van der Waals surface area contributed by atoms with E-state index in [2.05, 4.69) is 0 Å². The maximum absolute atomic E-state index is 10.9. The van der Waals surface area contributed by atoms with E-state index in [1.165, 1.54) is 7.11 Å². The quantitative estimate of drug-likeness (QED) is 0.611. The summed E-state index contributed by atoms with van der Waals surface area (Å²) in [5.41, 5.74) is 3.72. The Hall–Kier alpha value is -1.55. The van der Waals surface area contributed by atoms with Crippen LogP contribution >= 0.6 is 0 Å². The van der Waals surface area contributed by atoms with E-state index in [0.717, 1.165) is 11.8 Å². The van der Waals surface area contributed by atoms with Crippen LogP contribution in [0.2, 0.25) is 0 Å². The van der Waals surface area contributed by atoms with Gasteiger partial charge in [0.2, 0.25) is 0 Å².